The van der Waals surface area contributed by atoms with Crippen molar-refractivity contribution in [2.24, 2.45) is 0 Å². The molecule has 0 spiro atoms. The summed E-state index contributed by atoms with van der Waals surface area (Å²) in [7, 11) is 0. The Morgan fingerprint density at radius 1 is 1.09 bits per heavy atom. The summed E-state index contributed by atoms with van der Waals surface area (Å²) in [6.45, 7) is 5.30. The van der Waals surface area contributed by atoms with Crippen LogP contribution in [0, 0.1) is 0 Å². The van der Waals surface area contributed by atoms with E-state index in [1.54, 1.807) is 0 Å². The molecule has 1 fully saturated rings. The summed E-state index contributed by atoms with van der Waals surface area (Å²) in [6, 6.07) is 12.6. The molecule has 2 aromatic heterocycles. The number of aromatic amines is 1. The smallest absolute Gasteiger partial charge is 0.298 e. The molecule has 0 unspecified atom stereocenters. The molecule has 0 saturated carbocycles. The molecular weight excluding hydrogens is 426 g/mol. The molecule has 2 aliphatic heterocycles. The number of anilines is 2. The van der Waals surface area contributed by atoms with E-state index < -0.39 is 0 Å². The van der Waals surface area contributed by atoms with Gasteiger partial charge in [-0.25, -0.2) is 0 Å². The zero-order valence-electron chi connectivity index (χ0n) is 17.7. The Hall–Kier alpha value is -3.03. The third kappa shape index (κ3) is 3.51. The number of hydrogen-bond acceptors (Lipinski definition) is 6. The molecule has 0 bridgehead atoms. The summed E-state index contributed by atoms with van der Waals surface area (Å²) >= 11 is 6.06. The average molecular weight is 450 g/mol. The predicted octanol–water partition coefficient (Wildman–Crippen LogP) is 4.00. The summed E-state index contributed by atoms with van der Waals surface area (Å²) in [6.07, 6.45) is 1.84. The number of rotatable bonds is 3. The molecule has 0 aliphatic carbocycles. The molecule has 8 heteroatoms. The molecule has 32 heavy (non-hydrogen) atoms. The van der Waals surface area contributed by atoms with Crippen LogP contribution in [-0.2, 0) is 13.0 Å². The molecule has 2 N–H and O–H groups in total. The van der Waals surface area contributed by atoms with Crippen LogP contribution in [0.4, 0.5) is 11.7 Å². The van der Waals surface area contributed by atoms with Crippen LogP contribution in [0.3, 0.4) is 0 Å². The van der Waals surface area contributed by atoms with Gasteiger partial charge in [-0.05, 0) is 42.7 Å². The number of piperazine rings is 1. The van der Waals surface area contributed by atoms with E-state index in [-0.39, 0.29) is 5.56 Å². The maximum atomic E-state index is 12.5. The van der Waals surface area contributed by atoms with Crippen LogP contribution in [0.5, 0.6) is 0 Å². The average Bonchev–Trinajstić information content (AvgIpc) is 3.23. The van der Waals surface area contributed by atoms with Gasteiger partial charge in [0.25, 0.3) is 11.6 Å². The minimum Gasteiger partial charge on any atom is -0.423 e. The molecule has 0 radical (unpaired) electrons. The molecule has 1 saturated heterocycles. The Morgan fingerprint density at radius 2 is 1.97 bits per heavy atom. The molecular formula is C24H24ClN5O2. The standard InChI is InChI=1S/C24H24ClN5O2/c25-16-4-6-21-20(13-16)28-24(32-21)30-10-8-29(9-11-30)14-15-3-5-17-19(12-15)27-23(31)18-2-1-7-26-22(17)18/h3-6,12-13,26H,1-2,7-11,14H2,(H,27,31). The Labute approximate surface area is 190 Å². The van der Waals surface area contributed by atoms with Gasteiger partial charge in [0.2, 0.25) is 0 Å². The molecule has 164 valence electrons. The van der Waals surface area contributed by atoms with Gasteiger partial charge in [-0.15, -0.1) is 0 Å². The first-order valence-electron chi connectivity index (χ1n) is 11.1. The van der Waals surface area contributed by atoms with E-state index >= 15 is 0 Å². The number of benzene rings is 2. The van der Waals surface area contributed by atoms with E-state index in [0.717, 1.165) is 85.4 Å². The number of nitrogens with one attached hydrogen (secondary N) is 2. The Bertz CT molecular complexity index is 1370. The van der Waals surface area contributed by atoms with Crippen molar-refractivity contribution in [3.8, 4) is 0 Å². The van der Waals surface area contributed by atoms with Gasteiger partial charge in [0.1, 0.15) is 5.52 Å². The van der Waals surface area contributed by atoms with Crippen molar-refractivity contribution in [3.63, 3.8) is 0 Å². The van der Waals surface area contributed by atoms with Gasteiger partial charge in [-0.2, -0.15) is 4.98 Å². The van der Waals surface area contributed by atoms with E-state index in [1.165, 1.54) is 5.56 Å². The van der Waals surface area contributed by atoms with Crippen molar-refractivity contribution in [3.05, 3.63) is 62.9 Å². The van der Waals surface area contributed by atoms with Crippen molar-refractivity contribution in [2.45, 2.75) is 19.4 Å². The van der Waals surface area contributed by atoms with Gasteiger partial charge in [-0.1, -0.05) is 23.7 Å². The summed E-state index contributed by atoms with van der Waals surface area (Å²) in [5.74, 6) is 0. The van der Waals surface area contributed by atoms with Crippen molar-refractivity contribution in [2.75, 3.05) is 42.9 Å². The van der Waals surface area contributed by atoms with Crippen LogP contribution in [0.2, 0.25) is 5.02 Å². The second kappa shape index (κ2) is 7.83. The first-order chi connectivity index (χ1) is 15.6. The third-order valence-corrected chi connectivity index (χ3v) is 6.71. The summed E-state index contributed by atoms with van der Waals surface area (Å²) in [4.78, 5) is 24.8. The first kappa shape index (κ1) is 19.6. The second-order valence-electron chi connectivity index (χ2n) is 8.59. The normalized spacial score (nSPS) is 17.0. The van der Waals surface area contributed by atoms with Gasteiger partial charge in [0.15, 0.2) is 5.58 Å². The minimum atomic E-state index is 0.0325. The van der Waals surface area contributed by atoms with Gasteiger partial charge in [0.05, 0.1) is 11.2 Å². The van der Waals surface area contributed by atoms with Crippen molar-refractivity contribution < 1.29 is 4.42 Å². The van der Waals surface area contributed by atoms with Crippen LogP contribution in [0.1, 0.15) is 17.5 Å². The largest absolute Gasteiger partial charge is 0.423 e. The molecule has 0 amide bonds. The monoisotopic (exact) mass is 449 g/mol. The molecule has 2 aliphatic rings. The number of fused-ring (bicyclic) bond motifs is 4. The zero-order valence-corrected chi connectivity index (χ0v) is 18.4. The minimum absolute atomic E-state index is 0.0325. The number of nitrogens with zero attached hydrogens (tertiary/aromatic N) is 3. The number of aromatic nitrogens is 2. The second-order valence-corrected chi connectivity index (χ2v) is 9.03. The third-order valence-electron chi connectivity index (χ3n) is 6.47. The van der Waals surface area contributed by atoms with E-state index in [0.29, 0.717) is 11.0 Å². The fourth-order valence-corrected chi connectivity index (χ4v) is 4.95. The quantitative estimate of drug-likeness (QED) is 0.492. The lowest BCUT2D eigenvalue weighted by molar-refractivity contribution is 0.245. The fraction of sp³-hybridized carbons (Fsp3) is 0.333. The molecule has 2 aromatic carbocycles. The Balaban J connectivity index is 1.16. The van der Waals surface area contributed by atoms with E-state index in [1.807, 2.05) is 18.2 Å². The maximum Gasteiger partial charge on any atom is 0.298 e. The molecule has 4 aromatic rings. The number of halogens is 1. The van der Waals surface area contributed by atoms with Gasteiger partial charge in [0, 0.05) is 55.2 Å². The number of H-pyrrole nitrogens is 1. The number of oxazole rings is 1. The number of pyridine rings is 1. The molecule has 7 nitrogen and oxygen atoms in total. The van der Waals surface area contributed by atoms with Crippen LogP contribution in [-0.4, -0.2) is 47.6 Å². The summed E-state index contributed by atoms with van der Waals surface area (Å²) in [5.41, 5.74) is 5.58. The Morgan fingerprint density at radius 3 is 2.84 bits per heavy atom. The highest BCUT2D eigenvalue weighted by atomic mass is 35.5. The predicted molar refractivity (Wildman–Crippen MR) is 128 cm³/mol. The number of hydrogen-bond donors (Lipinski definition) is 2. The van der Waals surface area contributed by atoms with E-state index in [9.17, 15) is 4.79 Å². The highest BCUT2D eigenvalue weighted by Gasteiger charge is 2.22. The van der Waals surface area contributed by atoms with Crippen molar-refractivity contribution in [1.29, 1.82) is 0 Å². The maximum absolute atomic E-state index is 12.5. The Kier molecular flexibility index (Phi) is 4.81. The van der Waals surface area contributed by atoms with Gasteiger partial charge >= 0.3 is 0 Å². The molecule has 4 heterocycles. The van der Waals surface area contributed by atoms with Crippen LogP contribution in [0.15, 0.2) is 45.6 Å². The lowest BCUT2D eigenvalue weighted by Gasteiger charge is -2.33. The molecule has 0 atom stereocenters. The van der Waals surface area contributed by atoms with E-state index in [2.05, 4.69) is 43.3 Å². The van der Waals surface area contributed by atoms with Gasteiger partial charge < -0.3 is 19.6 Å². The van der Waals surface area contributed by atoms with Crippen LogP contribution >= 0.6 is 11.6 Å². The SMILES string of the molecule is O=c1[nH]c2cc(CN3CCN(c4nc5cc(Cl)ccc5o4)CC3)ccc2c2c1CCCN2. The molecule has 6 rings (SSSR count). The fourth-order valence-electron chi connectivity index (χ4n) is 4.78. The summed E-state index contributed by atoms with van der Waals surface area (Å²) < 4.78 is 5.92. The zero-order chi connectivity index (χ0) is 21.7. The highest BCUT2D eigenvalue weighted by molar-refractivity contribution is 6.31. The lowest BCUT2D eigenvalue weighted by atomic mass is 10.0. The lowest BCUT2D eigenvalue weighted by Crippen LogP contribution is -2.46. The van der Waals surface area contributed by atoms with Crippen LogP contribution in [0.25, 0.3) is 22.0 Å². The van der Waals surface area contributed by atoms with Gasteiger partial charge in [-0.3, -0.25) is 9.69 Å². The highest BCUT2D eigenvalue weighted by Crippen LogP contribution is 2.29. The first-order valence-corrected chi connectivity index (χ1v) is 11.5. The van der Waals surface area contributed by atoms with Crippen LogP contribution < -0.4 is 15.8 Å². The topological polar surface area (TPSA) is 77.4 Å². The van der Waals surface area contributed by atoms with E-state index in [4.69, 9.17) is 16.0 Å². The summed E-state index contributed by atoms with van der Waals surface area (Å²) in [5, 5.41) is 5.19. The van der Waals surface area contributed by atoms with Crippen molar-refractivity contribution >= 4 is 45.3 Å². The van der Waals surface area contributed by atoms with Crippen molar-refractivity contribution in [1.82, 2.24) is 14.9 Å².